The maximum absolute atomic E-state index is 13.9. The Balaban J connectivity index is 1.99. The second-order valence-electron chi connectivity index (χ2n) is 8.76. The average Bonchev–Trinajstić information content (AvgIpc) is 3.15. The molecule has 0 bridgehead atoms. The van der Waals surface area contributed by atoms with E-state index in [1.165, 1.54) is 6.08 Å². The molecule has 1 aliphatic heterocycles. The second-order valence-corrected chi connectivity index (χ2v) is 8.76. The fourth-order valence-corrected chi connectivity index (χ4v) is 4.54. The van der Waals surface area contributed by atoms with Crippen LogP contribution in [-0.4, -0.2) is 73.0 Å². The summed E-state index contributed by atoms with van der Waals surface area (Å²) in [6.07, 6.45) is 2.85. The summed E-state index contributed by atoms with van der Waals surface area (Å²) in [4.78, 5) is 26.7. The molecule has 10 nitrogen and oxygen atoms in total. The standard InChI is InChI=1S/C28H38N2O8/c1-5-14-37-27(33)24-19-23(22(28(38-24)36-6-2)12-15-34-17-18-35-16-13-31)25-20(3)29(4)30(26(25)32)21-10-8-7-9-11-21/h5,7-11,19,22-23,28,31H,1,6,12-18H2,2-4H3/t22-,23-,28+/m1/s1. The number of allylic oxidation sites excluding steroid dienone is 1. The third-order valence-electron chi connectivity index (χ3n) is 6.38. The van der Waals surface area contributed by atoms with Crippen LogP contribution in [0, 0.1) is 12.8 Å². The van der Waals surface area contributed by atoms with E-state index < -0.39 is 18.2 Å². The van der Waals surface area contributed by atoms with Crippen LogP contribution >= 0.6 is 0 Å². The molecule has 0 saturated carbocycles. The van der Waals surface area contributed by atoms with E-state index in [1.807, 2.05) is 55.9 Å². The lowest BCUT2D eigenvalue weighted by molar-refractivity contribution is -0.176. The first kappa shape index (κ1) is 29.4. The number of rotatable bonds is 15. The van der Waals surface area contributed by atoms with Crippen LogP contribution in [0.25, 0.3) is 5.69 Å². The summed E-state index contributed by atoms with van der Waals surface area (Å²) in [5.41, 5.74) is 1.87. The Hall–Kier alpha value is -3.18. The highest BCUT2D eigenvalue weighted by atomic mass is 16.7. The van der Waals surface area contributed by atoms with Gasteiger partial charge in [-0.2, -0.15) is 0 Å². The van der Waals surface area contributed by atoms with Gasteiger partial charge in [-0.05, 0) is 38.5 Å². The summed E-state index contributed by atoms with van der Waals surface area (Å²) < 4.78 is 31.6. The zero-order valence-corrected chi connectivity index (χ0v) is 22.3. The highest BCUT2D eigenvalue weighted by Crippen LogP contribution is 2.39. The number of hydrogen-bond acceptors (Lipinski definition) is 8. The molecule has 38 heavy (non-hydrogen) atoms. The number of nitrogens with zero attached hydrogens (tertiary/aromatic N) is 2. The number of esters is 1. The molecule has 2 aromatic rings. The van der Waals surface area contributed by atoms with E-state index in [2.05, 4.69) is 6.58 Å². The van der Waals surface area contributed by atoms with Gasteiger partial charge in [-0.3, -0.25) is 9.48 Å². The Bertz CT molecular complexity index is 1140. The van der Waals surface area contributed by atoms with Crippen LogP contribution in [0.3, 0.4) is 0 Å². The molecular formula is C28H38N2O8. The van der Waals surface area contributed by atoms with Gasteiger partial charge in [0.05, 0.1) is 32.1 Å². The van der Waals surface area contributed by atoms with Crippen molar-refractivity contribution in [3.05, 3.63) is 76.4 Å². The average molecular weight is 531 g/mol. The van der Waals surface area contributed by atoms with E-state index in [9.17, 15) is 9.59 Å². The van der Waals surface area contributed by atoms with Gasteiger partial charge in [0.1, 0.15) is 6.61 Å². The summed E-state index contributed by atoms with van der Waals surface area (Å²) in [5, 5.41) is 8.84. The summed E-state index contributed by atoms with van der Waals surface area (Å²) in [6.45, 7) is 8.98. The molecule has 0 fully saturated rings. The summed E-state index contributed by atoms with van der Waals surface area (Å²) in [6, 6.07) is 9.39. The fourth-order valence-electron chi connectivity index (χ4n) is 4.54. The predicted molar refractivity (Wildman–Crippen MR) is 141 cm³/mol. The van der Waals surface area contributed by atoms with Crippen LogP contribution in [0.1, 0.15) is 30.5 Å². The van der Waals surface area contributed by atoms with Crippen molar-refractivity contribution in [3.63, 3.8) is 0 Å². The van der Waals surface area contributed by atoms with Crippen molar-refractivity contribution in [2.45, 2.75) is 32.5 Å². The maximum Gasteiger partial charge on any atom is 0.373 e. The van der Waals surface area contributed by atoms with Crippen LogP contribution in [0.4, 0.5) is 0 Å². The molecule has 0 radical (unpaired) electrons. The molecule has 1 aromatic carbocycles. The molecule has 0 amide bonds. The quantitative estimate of drug-likeness (QED) is 0.213. The van der Waals surface area contributed by atoms with Crippen molar-refractivity contribution in [3.8, 4) is 5.69 Å². The van der Waals surface area contributed by atoms with Crippen LogP contribution in [0.2, 0.25) is 0 Å². The topological polar surface area (TPSA) is 110 Å². The largest absolute Gasteiger partial charge is 0.457 e. The molecule has 0 saturated heterocycles. The number of benzene rings is 1. The molecule has 208 valence electrons. The maximum atomic E-state index is 13.9. The lowest BCUT2D eigenvalue weighted by Gasteiger charge is -2.36. The minimum Gasteiger partial charge on any atom is -0.457 e. The van der Waals surface area contributed by atoms with Crippen molar-refractivity contribution in [1.82, 2.24) is 9.36 Å². The van der Waals surface area contributed by atoms with Gasteiger partial charge in [-0.25, -0.2) is 9.48 Å². The minimum atomic E-state index is -0.792. The molecular weight excluding hydrogens is 492 g/mol. The molecule has 0 spiro atoms. The van der Waals surface area contributed by atoms with E-state index in [-0.39, 0.29) is 37.1 Å². The highest BCUT2D eigenvalue weighted by molar-refractivity contribution is 5.86. The summed E-state index contributed by atoms with van der Waals surface area (Å²) in [5.74, 6) is -1.46. The third kappa shape index (κ3) is 7.02. The Labute approximate surface area is 223 Å². The first-order valence-corrected chi connectivity index (χ1v) is 12.8. The molecule has 1 aromatic heterocycles. The van der Waals surface area contributed by atoms with E-state index >= 15 is 0 Å². The zero-order valence-electron chi connectivity index (χ0n) is 22.3. The van der Waals surface area contributed by atoms with Crippen molar-refractivity contribution < 1.29 is 33.6 Å². The number of carbonyl (C=O) groups is 1. The number of aliphatic hydroxyl groups excluding tert-OH is 1. The van der Waals surface area contributed by atoms with E-state index in [0.29, 0.717) is 38.4 Å². The molecule has 3 atom stereocenters. The normalized spacial score (nSPS) is 19.1. The van der Waals surface area contributed by atoms with Gasteiger partial charge in [0, 0.05) is 43.4 Å². The number of aliphatic hydroxyl groups is 1. The molecule has 0 aliphatic carbocycles. The number of para-hydroxylation sites is 1. The highest BCUT2D eigenvalue weighted by Gasteiger charge is 2.41. The van der Waals surface area contributed by atoms with Gasteiger partial charge in [0.15, 0.2) is 0 Å². The van der Waals surface area contributed by atoms with Gasteiger partial charge in [0.25, 0.3) is 5.56 Å². The van der Waals surface area contributed by atoms with Crippen molar-refractivity contribution in [1.29, 1.82) is 0 Å². The lowest BCUT2D eigenvalue weighted by atomic mass is 9.81. The lowest BCUT2D eigenvalue weighted by Crippen LogP contribution is -2.39. The molecule has 1 aliphatic rings. The molecule has 2 heterocycles. The number of aromatic nitrogens is 2. The Kier molecular flexibility index (Phi) is 11.3. The SMILES string of the molecule is C=CCOC(=O)C1=C[C@@H](c2c(C)n(C)n(-c3ccccc3)c2=O)[C@@H](CCOCCOCCO)[C@@H](OCC)O1. The van der Waals surface area contributed by atoms with Gasteiger partial charge in [-0.15, -0.1) is 0 Å². The van der Waals surface area contributed by atoms with Gasteiger partial charge in [0.2, 0.25) is 12.0 Å². The van der Waals surface area contributed by atoms with Crippen LogP contribution < -0.4 is 5.56 Å². The van der Waals surface area contributed by atoms with E-state index in [1.54, 1.807) is 10.8 Å². The Morgan fingerprint density at radius 3 is 2.53 bits per heavy atom. The monoisotopic (exact) mass is 530 g/mol. The summed E-state index contributed by atoms with van der Waals surface area (Å²) in [7, 11) is 1.83. The molecule has 3 rings (SSSR count). The van der Waals surface area contributed by atoms with Crippen molar-refractivity contribution >= 4 is 5.97 Å². The molecule has 1 N–H and O–H groups in total. The van der Waals surface area contributed by atoms with Crippen LogP contribution in [0.15, 0.2) is 59.6 Å². The van der Waals surface area contributed by atoms with Gasteiger partial charge in [-0.1, -0.05) is 30.9 Å². The van der Waals surface area contributed by atoms with Crippen LogP contribution in [0.5, 0.6) is 0 Å². The van der Waals surface area contributed by atoms with E-state index in [0.717, 1.165) is 11.4 Å². The minimum absolute atomic E-state index is 0.00112. The van der Waals surface area contributed by atoms with E-state index in [4.69, 9.17) is 28.8 Å². The first-order valence-electron chi connectivity index (χ1n) is 12.8. The third-order valence-corrected chi connectivity index (χ3v) is 6.38. The summed E-state index contributed by atoms with van der Waals surface area (Å²) >= 11 is 0. The smallest absolute Gasteiger partial charge is 0.373 e. The molecule has 10 heteroatoms. The van der Waals surface area contributed by atoms with Crippen molar-refractivity contribution in [2.75, 3.05) is 46.2 Å². The Morgan fingerprint density at radius 1 is 1.16 bits per heavy atom. The second kappa shape index (κ2) is 14.7. The van der Waals surface area contributed by atoms with Gasteiger partial charge < -0.3 is 28.8 Å². The Morgan fingerprint density at radius 2 is 1.87 bits per heavy atom. The number of ether oxygens (including phenoxy) is 5. The first-order chi connectivity index (χ1) is 18.4. The molecule has 0 unspecified atom stereocenters. The number of hydrogen-bond donors (Lipinski definition) is 1. The zero-order chi connectivity index (χ0) is 27.5. The van der Waals surface area contributed by atoms with Crippen LogP contribution in [-0.2, 0) is 35.5 Å². The van der Waals surface area contributed by atoms with Crippen molar-refractivity contribution in [2.24, 2.45) is 13.0 Å². The predicted octanol–water partition coefficient (Wildman–Crippen LogP) is 2.61. The van der Waals surface area contributed by atoms with Gasteiger partial charge >= 0.3 is 5.97 Å². The number of carbonyl (C=O) groups excluding carboxylic acids is 1. The fraction of sp³-hybridized carbons (Fsp3) is 0.500.